The van der Waals surface area contributed by atoms with E-state index in [-0.39, 0.29) is 18.0 Å². The topological polar surface area (TPSA) is 62.2 Å². The molecule has 1 heterocycles. The number of aromatic nitrogens is 2. The highest BCUT2D eigenvalue weighted by Crippen LogP contribution is 2.22. The van der Waals surface area contributed by atoms with E-state index < -0.39 is 0 Å². The van der Waals surface area contributed by atoms with E-state index in [1.54, 1.807) is 4.68 Å². The van der Waals surface area contributed by atoms with Gasteiger partial charge in [-0.1, -0.05) is 17.4 Å². The molecule has 6 nitrogen and oxygen atoms in total. The van der Waals surface area contributed by atoms with Crippen LogP contribution in [0.4, 0.5) is 10.8 Å². The Kier molecular flexibility index (Phi) is 6.54. The lowest BCUT2D eigenvalue weighted by atomic mass is 10.1. The Hall–Kier alpha value is -1.77. The first-order valence-electron chi connectivity index (χ1n) is 8.45. The van der Waals surface area contributed by atoms with Gasteiger partial charge in [-0.05, 0) is 77.1 Å². The molecule has 1 amide bonds. The Labute approximate surface area is 164 Å². The maximum atomic E-state index is 12.0. The first-order valence-corrected chi connectivity index (χ1v) is 9.68. The molecule has 0 aliphatic rings. The Morgan fingerprint density at radius 3 is 2.62 bits per heavy atom. The van der Waals surface area contributed by atoms with Crippen LogP contribution in [-0.4, -0.2) is 39.7 Å². The van der Waals surface area contributed by atoms with Gasteiger partial charge in [-0.25, -0.2) is 4.68 Å². The highest BCUT2D eigenvalue weighted by molar-refractivity contribution is 7.73. The molecule has 0 saturated carbocycles. The largest absolute Gasteiger partial charge is 0.350 e. The van der Waals surface area contributed by atoms with Crippen LogP contribution in [0.25, 0.3) is 0 Å². The number of rotatable bonds is 6. The zero-order chi connectivity index (χ0) is 19.5. The second kappa shape index (κ2) is 8.28. The molecular formula is C18H27N5OS2. The molecule has 0 spiro atoms. The third-order valence-electron chi connectivity index (χ3n) is 3.67. The van der Waals surface area contributed by atoms with Crippen LogP contribution in [0, 0.1) is 17.8 Å². The minimum Gasteiger partial charge on any atom is -0.350 e. The number of aryl methyl sites for hydroxylation is 2. The Morgan fingerprint density at radius 1 is 1.31 bits per heavy atom. The van der Waals surface area contributed by atoms with Crippen LogP contribution < -0.4 is 10.6 Å². The summed E-state index contributed by atoms with van der Waals surface area (Å²) in [6.45, 7) is 10.8. The molecule has 0 saturated heterocycles. The quantitative estimate of drug-likeness (QED) is 0.730. The highest BCUT2D eigenvalue weighted by atomic mass is 32.1. The summed E-state index contributed by atoms with van der Waals surface area (Å²) in [6.07, 6.45) is 0. The molecule has 0 fully saturated rings. The van der Waals surface area contributed by atoms with Crippen molar-refractivity contribution in [2.24, 2.45) is 0 Å². The van der Waals surface area contributed by atoms with Gasteiger partial charge in [-0.15, -0.1) is 5.10 Å². The van der Waals surface area contributed by atoms with Crippen LogP contribution in [0.3, 0.4) is 0 Å². The van der Waals surface area contributed by atoms with Gasteiger partial charge >= 0.3 is 0 Å². The number of amides is 1. The van der Waals surface area contributed by atoms with Gasteiger partial charge in [0.15, 0.2) is 3.95 Å². The summed E-state index contributed by atoms with van der Waals surface area (Å²) in [5.41, 5.74) is 3.23. The molecule has 1 aromatic heterocycles. The maximum absolute atomic E-state index is 12.0. The summed E-state index contributed by atoms with van der Waals surface area (Å²) >= 11 is 6.83. The van der Waals surface area contributed by atoms with E-state index in [1.165, 1.54) is 22.5 Å². The lowest BCUT2D eigenvalue weighted by molar-refractivity contribution is -0.123. The van der Waals surface area contributed by atoms with Gasteiger partial charge in [-0.3, -0.25) is 9.69 Å². The number of hydrogen-bond donors (Lipinski definition) is 2. The number of hydrogen-bond acceptors (Lipinski definition) is 6. The van der Waals surface area contributed by atoms with E-state index in [0.29, 0.717) is 10.6 Å². The van der Waals surface area contributed by atoms with Gasteiger partial charge in [-0.2, -0.15) is 0 Å². The average Bonchev–Trinajstić information content (AvgIpc) is 2.80. The van der Waals surface area contributed by atoms with Crippen molar-refractivity contribution in [2.45, 2.75) is 46.8 Å². The number of carbonyl (C=O) groups excluding carboxylic acids is 1. The fourth-order valence-electron chi connectivity index (χ4n) is 2.37. The Morgan fingerprint density at radius 2 is 2.00 bits per heavy atom. The second-order valence-corrected chi connectivity index (χ2v) is 9.17. The van der Waals surface area contributed by atoms with Crippen molar-refractivity contribution >= 4 is 40.3 Å². The second-order valence-electron chi connectivity index (χ2n) is 7.55. The molecule has 142 valence electrons. The molecule has 0 atom stereocenters. The van der Waals surface area contributed by atoms with Gasteiger partial charge in [0.05, 0.1) is 13.2 Å². The van der Waals surface area contributed by atoms with Crippen LogP contribution in [0.1, 0.15) is 31.9 Å². The fourth-order valence-corrected chi connectivity index (χ4v) is 3.38. The van der Waals surface area contributed by atoms with Crippen LogP contribution in [-0.2, 0) is 11.5 Å². The number of anilines is 2. The van der Waals surface area contributed by atoms with Crippen molar-refractivity contribution in [3.8, 4) is 0 Å². The van der Waals surface area contributed by atoms with E-state index in [4.69, 9.17) is 12.2 Å². The molecule has 0 unspecified atom stereocenters. The molecule has 26 heavy (non-hydrogen) atoms. The van der Waals surface area contributed by atoms with Gasteiger partial charge < -0.3 is 10.6 Å². The minimum absolute atomic E-state index is 0.0183. The summed E-state index contributed by atoms with van der Waals surface area (Å²) < 4.78 is 2.40. The monoisotopic (exact) mass is 393 g/mol. The average molecular weight is 394 g/mol. The SMILES string of the molecule is Cc1ccc(Nc2nn(CN(C)CC(=O)NC(C)(C)C)c(=S)s2)cc1C. The fraction of sp³-hybridized carbons (Fsp3) is 0.500. The highest BCUT2D eigenvalue weighted by Gasteiger charge is 2.16. The lowest BCUT2D eigenvalue weighted by Crippen LogP contribution is -2.45. The third kappa shape index (κ3) is 6.19. The van der Waals surface area contributed by atoms with Crippen molar-refractivity contribution in [3.05, 3.63) is 33.3 Å². The predicted molar refractivity (Wildman–Crippen MR) is 111 cm³/mol. The molecule has 0 aliphatic carbocycles. The summed E-state index contributed by atoms with van der Waals surface area (Å²) in [6, 6.07) is 6.20. The van der Waals surface area contributed by atoms with Crippen molar-refractivity contribution < 1.29 is 4.79 Å². The van der Waals surface area contributed by atoms with Gasteiger partial charge in [0, 0.05) is 11.2 Å². The third-order valence-corrected chi connectivity index (χ3v) is 4.89. The van der Waals surface area contributed by atoms with Gasteiger partial charge in [0.2, 0.25) is 11.0 Å². The lowest BCUT2D eigenvalue weighted by Gasteiger charge is -2.23. The zero-order valence-corrected chi connectivity index (χ0v) is 17.8. The Balaban J connectivity index is 2.00. The standard InChI is InChI=1S/C18H27N5OS2/c1-12-7-8-14(9-13(12)2)19-16-21-23(17(25)26-16)11-22(6)10-15(24)20-18(3,4)5/h7-9H,10-11H2,1-6H3,(H,19,21)(H,20,24). The Bertz CT molecular complexity index is 835. The normalized spacial score (nSPS) is 11.7. The van der Waals surface area contributed by atoms with Crippen LogP contribution in [0.5, 0.6) is 0 Å². The number of carbonyl (C=O) groups is 1. The first kappa shape index (κ1) is 20.5. The molecule has 8 heteroatoms. The number of likely N-dealkylation sites (N-methyl/N-ethyl adjacent to an activating group) is 1. The van der Waals surface area contributed by atoms with Crippen LogP contribution in [0.15, 0.2) is 18.2 Å². The minimum atomic E-state index is -0.238. The number of nitrogens with zero attached hydrogens (tertiary/aromatic N) is 3. The first-order chi connectivity index (χ1) is 12.0. The number of nitrogens with one attached hydrogen (secondary N) is 2. The predicted octanol–water partition coefficient (Wildman–Crippen LogP) is 3.84. The smallest absolute Gasteiger partial charge is 0.234 e. The van der Waals surface area contributed by atoms with Crippen LogP contribution >= 0.6 is 23.6 Å². The van der Waals surface area contributed by atoms with E-state index in [0.717, 1.165) is 10.8 Å². The molecule has 1 aromatic carbocycles. The summed E-state index contributed by atoms with van der Waals surface area (Å²) in [5, 5.41) is 11.5. The summed E-state index contributed by atoms with van der Waals surface area (Å²) in [5.74, 6) is -0.0183. The molecule has 2 aromatic rings. The maximum Gasteiger partial charge on any atom is 0.234 e. The molecular weight excluding hydrogens is 366 g/mol. The van der Waals surface area contributed by atoms with E-state index in [2.05, 4.69) is 41.7 Å². The van der Waals surface area contributed by atoms with E-state index in [9.17, 15) is 4.79 Å². The molecule has 2 rings (SSSR count). The molecule has 0 radical (unpaired) electrons. The zero-order valence-electron chi connectivity index (χ0n) is 16.2. The van der Waals surface area contributed by atoms with Crippen molar-refractivity contribution in [1.29, 1.82) is 0 Å². The van der Waals surface area contributed by atoms with Gasteiger partial charge in [0.1, 0.15) is 0 Å². The number of benzene rings is 1. The summed E-state index contributed by atoms with van der Waals surface area (Å²) in [7, 11) is 1.87. The van der Waals surface area contributed by atoms with Gasteiger partial charge in [0.25, 0.3) is 0 Å². The van der Waals surface area contributed by atoms with Crippen LogP contribution in [0.2, 0.25) is 0 Å². The van der Waals surface area contributed by atoms with E-state index in [1.807, 2.05) is 38.8 Å². The van der Waals surface area contributed by atoms with E-state index >= 15 is 0 Å². The summed E-state index contributed by atoms with van der Waals surface area (Å²) in [4.78, 5) is 13.9. The van der Waals surface area contributed by atoms with Crippen molar-refractivity contribution in [1.82, 2.24) is 20.0 Å². The van der Waals surface area contributed by atoms with Crippen molar-refractivity contribution in [2.75, 3.05) is 18.9 Å². The molecule has 2 N–H and O–H groups in total. The van der Waals surface area contributed by atoms with Crippen molar-refractivity contribution in [3.63, 3.8) is 0 Å². The molecule has 0 aliphatic heterocycles. The molecule has 0 bridgehead atoms.